The van der Waals surface area contributed by atoms with Crippen LogP contribution in [0.25, 0.3) is 0 Å². The SMILES string of the molecule is COc1cccc(C[C@H](C)NC(=O)NCCNC(C)=O)c1. The van der Waals surface area contributed by atoms with Gasteiger partial charge in [0.15, 0.2) is 0 Å². The summed E-state index contributed by atoms with van der Waals surface area (Å²) in [6, 6.07) is 7.51. The van der Waals surface area contributed by atoms with Crippen LogP contribution in [0.5, 0.6) is 5.75 Å². The molecule has 3 amide bonds. The Morgan fingerprint density at radius 2 is 1.95 bits per heavy atom. The van der Waals surface area contributed by atoms with Crippen LogP contribution in [-0.4, -0.2) is 38.2 Å². The second-order valence-electron chi connectivity index (χ2n) is 4.84. The molecule has 0 aromatic heterocycles. The molecule has 3 N–H and O–H groups in total. The lowest BCUT2D eigenvalue weighted by atomic mass is 10.1. The third-order valence-corrected chi connectivity index (χ3v) is 2.84. The van der Waals surface area contributed by atoms with E-state index in [1.54, 1.807) is 7.11 Å². The standard InChI is InChI=1S/C15H23N3O3/c1-11(9-13-5-4-6-14(10-13)21-3)18-15(20)17-8-7-16-12(2)19/h4-6,10-11H,7-9H2,1-3H3,(H,16,19)(H2,17,18,20)/t11-/m0/s1. The van der Waals surface area contributed by atoms with Crippen LogP contribution >= 0.6 is 0 Å². The number of ether oxygens (including phenoxy) is 1. The normalized spacial score (nSPS) is 11.4. The number of urea groups is 1. The van der Waals surface area contributed by atoms with Crippen molar-refractivity contribution in [1.29, 1.82) is 0 Å². The van der Waals surface area contributed by atoms with Gasteiger partial charge in [-0.3, -0.25) is 4.79 Å². The maximum Gasteiger partial charge on any atom is 0.315 e. The lowest BCUT2D eigenvalue weighted by Gasteiger charge is -2.15. The smallest absolute Gasteiger partial charge is 0.315 e. The molecule has 0 radical (unpaired) electrons. The quantitative estimate of drug-likeness (QED) is 0.658. The van der Waals surface area contributed by atoms with Gasteiger partial charge in [0.1, 0.15) is 5.75 Å². The molecular formula is C15H23N3O3. The van der Waals surface area contributed by atoms with Crippen molar-refractivity contribution in [2.45, 2.75) is 26.3 Å². The van der Waals surface area contributed by atoms with Crippen molar-refractivity contribution in [3.8, 4) is 5.75 Å². The maximum atomic E-state index is 11.7. The Bertz CT molecular complexity index is 477. The van der Waals surface area contributed by atoms with Gasteiger partial charge in [-0.2, -0.15) is 0 Å². The fraction of sp³-hybridized carbons (Fsp3) is 0.467. The van der Waals surface area contributed by atoms with E-state index in [1.165, 1.54) is 6.92 Å². The summed E-state index contributed by atoms with van der Waals surface area (Å²) in [7, 11) is 1.63. The first-order valence-corrected chi connectivity index (χ1v) is 6.93. The summed E-state index contributed by atoms with van der Waals surface area (Å²) in [6.07, 6.45) is 0.719. The predicted octanol–water partition coefficient (Wildman–Crippen LogP) is 1.06. The van der Waals surface area contributed by atoms with Crippen molar-refractivity contribution in [2.24, 2.45) is 0 Å². The molecule has 6 heteroatoms. The highest BCUT2D eigenvalue weighted by Gasteiger charge is 2.08. The number of rotatable bonds is 7. The van der Waals surface area contributed by atoms with Crippen molar-refractivity contribution in [3.05, 3.63) is 29.8 Å². The van der Waals surface area contributed by atoms with Gasteiger partial charge < -0.3 is 20.7 Å². The zero-order valence-corrected chi connectivity index (χ0v) is 12.7. The molecule has 1 aromatic rings. The van der Waals surface area contributed by atoms with Crippen molar-refractivity contribution >= 4 is 11.9 Å². The van der Waals surface area contributed by atoms with Crippen molar-refractivity contribution in [3.63, 3.8) is 0 Å². The number of nitrogens with one attached hydrogen (secondary N) is 3. The topological polar surface area (TPSA) is 79.5 Å². The highest BCUT2D eigenvalue weighted by atomic mass is 16.5. The van der Waals surface area contributed by atoms with Gasteiger partial charge in [0.25, 0.3) is 0 Å². The lowest BCUT2D eigenvalue weighted by molar-refractivity contribution is -0.118. The van der Waals surface area contributed by atoms with Crippen molar-refractivity contribution in [2.75, 3.05) is 20.2 Å². The third kappa shape index (κ3) is 7.20. The highest BCUT2D eigenvalue weighted by molar-refractivity contribution is 5.74. The predicted molar refractivity (Wildman–Crippen MR) is 81.4 cm³/mol. The van der Waals surface area contributed by atoms with E-state index in [-0.39, 0.29) is 18.0 Å². The Hall–Kier alpha value is -2.24. The Morgan fingerprint density at radius 3 is 2.62 bits per heavy atom. The van der Waals surface area contributed by atoms with Crippen LogP contribution in [0.15, 0.2) is 24.3 Å². The number of benzene rings is 1. The first-order valence-electron chi connectivity index (χ1n) is 6.93. The first kappa shape index (κ1) is 16.8. The molecule has 0 aliphatic carbocycles. The van der Waals surface area contributed by atoms with Gasteiger partial charge in [0.2, 0.25) is 5.91 Å². The van der Waals surface area contributed by atoms with Crippen LogP contribution in [-0.2, 0) is 11.2 Å². The number of amides is 3. The van der Waals surface area contributed by atoms with Gasteiger partial charge in [-0.1, -0.05) is 12.1 Å². The number of hydrogen-bond donors (Lipinski definition) is 3. The largest absolute Gasteiger partial charge is 0.497 e. The minimum atomic E-state index is -0.240. The van der Waals surface area contributed by atoms with E-state index in [9.17, 15) is 9.59 Å². The maximum absolute atomic E-state index is 11.7. The molecule has 1 aromatic carbocycles. The molecule has 0 heterocycles. The van der Waals surface area contributed by atoms with E-state index in [4.69, 9.17) is 4.74 Å². The van der Waals surface area contributed by atoms with Gasteiger partial charge in [0.05, 0.1) is 7.11 Å². The molecule has 0 unspecified atom stereocenters. The monoisotopic (exact) mass is 293 g/mol. The average Bonchev–Trinajstić information content (AvgIpc) is 2.43. The van der Waals surface area contributed by atoms with Gasteiger partial charge in [-0.25, -0.2) is 4.79 Å². The summed E-state index contributed by atoms with van der Waals surface area (Å²) in [6.45, 7) is 4.20. The molecular weight excluding hydrogens is 270 g/mol. The summed E-state index contributed by atoms with van der Waals surface area (Å²) in [5.41, 5.74) is 1.10. The van der Waals surface area contributed by atoms with E-state index >= 15 is 0 Å². The molecule has 1 atom stereocenters. The number of carbonyl (C=O) groups is 2. The zero-order valence-electron chi connectivity index (χ0n) is 12.7. The Morgan fingerprint density at radius 1 is 1.24 bits per heavy atom. The number of hydrogen-bond acceptors (Lipinski definition) is 3. The summed E-state index contributed by atoms with van der Waals surface area (Å²) in [4.78, 5) is 22.3. The van der Waals surface area contributed by atoms with Gasteiger partial charge >= 0.3 is 6.03 Å². The third-order valence-electron chi connectivity index (χ3n) is 2.84. The van der Waals surface area contributed by atoms with Crippen LogP contribution in [0.4, 0.5) is 4.79 Å². The summed E-state index contributed by atoms with van der Waals surface area (Å²) in [5, 5.41) is 8.15. The van der Waals surface area contributed by atoms with E-state index in [0.717, 1.165) is 17.7 Å². The molecule has 0 spiro atoms. The van der Waals surface area contributed by atoms with E-state index < -0.39 is 0 Å². The Labute approximate surface area is 125 Å². The van der Waals surface area contributed by atoms with Gasteiger partial charge in [-0.05, 0) is 31.0 Å². The molecule has 0 bridgehead atoms. The van der Waals surface area contributed by atoms with Crippen molar-refractivity contribution in [1.82, 2.24) is 16.0 Å². The molecule has 6 nitrogen and oxygen atoms in total. The molecule has 0 aliphatic heterocycles. The molecule has 0 fully saturated rings. The van der Waals surface area contributed by atoms with Gasteiger partial charge in [-0.15, -0.1) is 0 Å². The molecule has 0 aliphatic rings. The van der Waals surface area contributed by atoms with Gasteiger partial charge in [0, 0.05) is 26.1 Å². The molecule has 0 saturated heterocycles. The summed E-state index contributed by atoms with van der Waals surface area (Å²) < 4.78 is 5.17. The molecule has 1 rings (SSSR count). The van der Waals surface area contributed by atoms with Crippen LogP contribution in [0, 0.1) is 0 Å². The van der Waals surface area contributed by atoms with Crippen LogP contribution in [0.1, 0.15) is 19.4 Å². The summed E-state index contributed by atoms with van der Waals surface area (Å²) >= 11 is 0. The fourth-order valence-corrected chi connectivity index (χ4v) is 1.89. The minimum Gasteiger partial charge on any atom is -0.497 e. The Balaban J connectivity index is 2.30. The first-order chi connectivity index (χ1) is 10.0. The molecule has 0 saturated carbocycles. The van der Waals surface area contributed by atoms with Crippen LogP contribution in [0.3, 0.4) is 0 Å². The van der Waals surface area contributed by atoms with E-state index in [2.05, 4.69) is 16.0 Å². The second kappa shape index (κ2) is 8.84. The van der Waals surface area contributed by atoms with E-state index in [1.807, 2.05) is 31.2 Å². The number of carbonyl (C=O) groups excluding carboxylic acids is 2. The van der Waals surface area contributed by atoms with Crippen LogP contribution < -0.4 is 20.7 Å². The van der Waals surface area contributed by atoms with Crippen molar-refractivity contribution < 1.29 is 14.3 Å². The van der Waals surface area contributed by atoms with Crippen LogP contribution in [0.2, 0.25) is 0 Å². The second-order valence-corrected chi connectivity index (χ2v) is 4.84. The average molecular weight is 293 g/mol. The summed E-state index contributed by atoms with van der Waals surface area (Å²) in [5.74, 6) is 0.697. The fourth-order valence-electron chi connectivity index (χ4n) is 1.89. The molecule has 116 valence electrons. The minimum absolute atomic E-state index is 0.00197. The molecule has 21 heavy (non-hydrogen) atoms. The lowest BCUT2D eigenvalue weighted by Crippen LogP contribution is -2.44. The Kier molecular flexibility index (Phi) is 7.08. The number of methoxy groups -OCH3 is 1. The zero-order chi connectivity index (χ0) is 15.7. The highest BCUT2D eigenvalue weighted by Crippen LogP contribution is 2.13. The van der Waals surface area contributed by atoms with E-state index in [0.29, 0.717) is 13.1 Å².